The van der Waals surface area contributed by atoms with Gasteiger partial charge in [0, 0.05) is 12.5 Å². The molecule has 1 unspecified atom stereocenters. The van der Waals surface area contributed by atoms with Gasteiger partial charge in [0.05, 0.1) is 0 Å². The molecule has 5 nitrogen and oxygen atoms in total. The van der Waals surface area contributed by atoms with Gasteiger partial charge in [-0.2, -0.15) is 0 Å². The van der Waals surface area contributed by atoms with Crippen molar-refractivity contribution in [2.24, 2.45) is 11.7 Å². The minimum Gasteiger partial charge on any atom is -0.327 e. The highest BCUT2D eigenvalue weighted by Crippen LogP contribution is 2.16. The fraction of sp³-hybridized carbons (Fsp3) is 0.700. The van der Waals surface area contributed by atoms with Crippen LogP contribution in [0.3, 0.4) is 0 Å². The molecule has 0 radical (unpaired) electrons. The molecule has 1 atom stereocenters. The van der Waals surface area contributed by atoms with E-state index in [1.165, 1.54) is 11.3 Å². The Morgan fingerprint density at radius 1 is 1.50 bits per heavy atom. The Morgan fingerprint density at radius 3 is 2.69 bits per heavy atom. The largest absolute Gasteiger partial charge is 0.327 e. The van der Waals surface area contributed by atoms with Gasteiger partial charge < -0.3 is 11.1 Å². The number of aryl methyl sites for hydroxylation is 1. The van der Waals surface area contributed by atoms with Crippen molar-refractivity contribution in [3.8, 4) is 0 Å². The number of carbonyl (C=O) groups excluding carboxylic acids is 1. The molecule has 0 aliphatic carbocycles. The lowest BCUT2D eigenvalue weighted by Crippen LogP contribution is -2.31. The highest BCUT2D eigenvalue weighted by atomic mass is 32.1. The van der Waals surface area contributed by atoms with Crippen LogP contribution < -0.4 is 11.1 Å². The maximum absolute atomic E-state index is 11.6. The van der Waals surface area contributed by atoms with E-state index in [4.69, 9.17) is 5.73 Å². The summed E-state index contributed by atoms with van der Waals surface area (Å²) in [6.45, 7) is 6.00. The van der Waals surface area contributed by atoms with Crippen molar-refractivity contribution >= 4 is 22.4 Å². The predicted octanol–water partition coefficient (Wildman–Crippen LogP) is 1.41. The Kier molecular flexibility index (Phi) is 4.82. The number of rotatable bonds is 5. The molecule has 6 heteroatoms. The van der Waals surface area contributed by atoms with Crippen molar-refractivity contribution in [2.75, 3.05) is 5.32 Å². The summed E-state index contributed by atoms with van der Waals surface area (Å²) in [4.78, 5) is 11.6. The molecule has 0 saturated carbocycles. The number of hydrogen-bond donors (Lipinski definition) is 2. The number of amides is 1. The molecule has 0 aromatic carbocycles. The van der Waals surface area contributed by atoms with E-state index in [0.717, 1.165) is 11.4 Å². The number of aromatic nitrogens is 2. The first-order valence-electron chi connectivity index (χ1n) is 5.40. The van der Waals surface area contributed by atoms with E-state index in [2.05, 4.69) is 15.5 Å². The van der Waals surface area contributed by atoms with Gasteiger partial charge in [-0.15, -0.1) is 10.2 Å². The number of hydrogen-bond acceptors (Lipinski definition) is 5. The molecule has 1 aromatic heterocycles. The Labute approximate surface area is 99.5 Å². The molecule has 0 bridgehead atoms. The van der Waals surface area contributed by atoms with Crippen molar-refractivity contribution < 1.29 is 4.79 Å². The molecule has 0 spiro atoms. The second-order valence-electron chi connectivity index (χ2n) is 4.01. The maximum atomic E-state index is 11.6. The number of nitrogens with zero attached hydrogens (tertiary/aromatic N) is 2. The van der Waals surface area contributed by atoms with Crippen LogP contribution in [-0.2, 0) is 11.2 Å². The third kappa shape index (κ3) is 3.86. The molecule has 1 aromatic rings. The maximum Gasteiger partial charge on any atom is 0.227 e. The molecular formula is C10H18N4OS. The molecule has 0 fully saturated rings. The van der Waals surface area contributed by atoms with Crippen LogP contribution in [0, 0.1) is 5.92 Å². The summed E-state index contributed by atoms with van der Waals surface area (Å²) >= 11 is 1.40. The van der Waals surface area contributed by atoms with Crippen molar-refractivity contribution in [2.45, 2.75) is 39.7 Å². The molecule has 0 aliphatic rings. The Balaban J connectivity index is 2.45. The molecule has 0 aliphatic heterocycles. The van der Waals surface area contributed by atoms with Crippen LogP contribution in [0.5, 0.6) is 0 Å². The first-order chi connectivity index (χ1) is 7.52. The lowest BCUT2D eigenvalue weighted by atomic mass is 10.0. The van der Waals surface area contributed by atoms with Crippen LogP contribution in [0.25, 0.3) is 0 Å². The molecule has 1 heterocycles. The topological polar surface area (TPSA) is 80.9 Å². The van der Waals surface area contributed by atoms with Gasteiger partial charge in [0.1, 0.15) is 5.01 Å². The van der Waals surface area contributed by atoms with Crippen LogP contribution >= 0.6 is 11.3 Å². The zero-order chi connectivity index (χ0) is 12.1. The van der Waals surface area contributed by atoms with E-state index in [1.54, 1.807) is 0 Å². The van der Waals surface area contributed by atoms with Crippen molar-refractivity contribution in [1.29, 1.82) is 0 Å². The van der Waals surface area contributed by atoms with E-state index in [9.17, 15) is 4.79 Å². The normalized spacial score (nSPS) is 12.8. The molecule has 1 amide bonds. The van der Waals surface area contributed by atoms with Gasteiger partial charge in [-0.3, -0.25) is 4.79 Å². The van der Waals surface area contributed by atoms with Gasteiger partial charge >= 0.3 is 0 Å². The SMILES string of the molecule is CCc1nnc(NC(=O)CC(N)C(C)C)s1. The molecule has 0 saturated heterocycles. The monoisotopic (exact) mass is 242 g/mol. The van der Waals surface area contributed by atoms with E-state index in [1.807, 2.05) is 20.8 Å². The average molecular weight is 242 g/mol. The van der Waals surface area contributed by atoms with E-state index in [-0.39, 0.29) is 11.9 Å². The number of nitrogens with two attached hydrogens (primary N) is 1. The average Bonchev–Trinajstić information content (AvgIpc) is 2.65. The van der Waals surface area contributed by atoms with Crippen LogP contribution in [-0.4, -0.2) is 22.1 Å². The Hall–Kier alpha value is -1.01. The highest BCUT2D eigenvalue weighted by Gasteiger charge is 2.14. The molecular weight excluding hydrogens is 224 g/mol. The number of carbonyl (C=O) groups is 1. The summed E-state index contributed by atoms with van der Waals surface area (Å²) < 4.78 is 0. The summed E-state index contributed by atoms with van der Waals surface area (Å²) in [5, 5.41) is 12.0. The molecule has 3 N–H and O–H groups in total. The fourth-order valence-electron chi connectivity index (χ4n) is 1.07. The lowest BCUT2D eigenvalue weighted by Gasteiger charge is -2.13. The van der Waals surface area contributed by atoms with Gasteiger partial charge in [-0.1, -0.05) is 32.1 Å². The standard InChI is InChI=1S/C10H18N4OS/c1-4-9-13-14-10(16-9)12-8(15)5-7(11)6(2)3/h6-7H,4-5,11H2,1-3H3,(H,12,14,15). The summed E-state index contributed by atoms with van der Waals surface area (Å²) in [5.41, 5.74) is 5.81. The second-order valence-corrected chi connectivity index (χ2v) is 5.08. The van der Waals surface area contributed by atoms with E-state index < -0.39 is 0 Å². The summed E-state index contributed by atoms with van der Waals surface area (Å²) in [6, 6.07) is -0.112. The van der Waals surface area contributed by atoms with Gasteiger partial charge in [-0.05, 0) is 12.3 Å². The Morgan fingerprint density at radius 2 is 2.19 bits per heavy atom. The van der Waals surface area contributed by atoms with Gasteiger partial charge in [-0.25, -0.2) is 0 Å². The minimum atomic E-state index is -0.112. The van der Waals surface area contributed by atoms with Crippen LogP contribution in [0.1, 0.15) is 32.2 Å². The minimum absolute atomic E-state index is 0.0972. The third-order valence-electron chi connectivity index (χ3n) is 2.29. The first-order valence-corrected chi connectivity index (χ1v) is 6.22. The Bertz CT molecular complexity index is 350. The van der Waals surface area contributed by atoms with Crippen molar-refractivity contribution in [3.05, 3.63) is 5.01 Å². The molecule has 1 rings (SSSR count). The second kappa shape index (κ2) is 5.91. The third-order valence-corrected chi connectivity index (χ3v) is 3.28. The summed E-state index contributed by atoms with van der Waals surface area (Å²) in [7, 11) is 0. The predicted molar refractivity (Wildman–Crippen MR) is 65.3 cm³/mol. The number of anilines is 1. The van der Waals surface area contributed by atoms with Crippen LogP contribution in [0.4, 0.5) is 5.13 Å². The van der Waals surface area contributed by atoms with Crippen molar-refractivity contribution in [3.63, 3.8) is 0 Å². The highest BCUT2D eigenvalue weighted by molar-refractivity contribution is 7.15. The summed E-state index contributed by atoms with van der Waals surface area (Å²) in [6.07, 6.45) is 1.15. The van der Waals surface area contributed by atoms with Crippen LogP contribution in [0.2, 0.25) is 0 Å². The van der Waals surface area contributed by atoms with Gasteiger partial charge in [0.2, 0.25) is 11.0 Å². The van der Waals surface area contributed by atoms with Crippen LogP contribution in [0.15, 0.2) is 0 Å². The van der Waals surface area contributed by atoms with Gasteiger partial charge in [0.25, 0.3) is 0 Å². The smallest absolute Gasteiger partial charge is 0.227 e. The number of nitrogens with one attached hydrogen (secondary N) is 1. The summed E-state index contributed by atoms with van der Waals surface area (Å²) in [5.74, 6) is 0.200. The lowest BCUT2D eigenvalue weighted by molar-refractivity contribution is -0.116. The zero-order valence-electron chi connectivity index (χ0n) is 9.86. The van der Waals surface area contributed by atoms with E-state index >= 15 is 0 Å². The molecule has 90 valence electrons. The zero-order valence-corrected chi connectivity index (χ0v) is 10.7. The van der Waals surface area contributed by atoms with Crippen molar-refractivity contribution in [1.82, 2.24) is 10.2 Å². The fourth-order valence-corrected chi connectivity index (χ4v) is 1.76. The first kappa shape index (κ1) is 13.1. The quantitative estimate of drug-likeness (QED) is 0.818. The molecule has 16 heavy (non-hydrogen) atoms. The van der Waals surface area contributed by atoms with Gasteiger partial charge in [0.15, 0.2) is 0 Å². The van der Waals surface area contributed by atoms with E-state index in [0.29, 0.717) is 17.5 Å².